The summed E-state index contributed by atoms with van der Waals surface area (Å²) < 4.78 is 0. The molecule has 372 valence electrons. The van der Waals surface area contributed by atoms with Crippen LogP contribution in [0.15, 0.2) is 48.5 Å². The van der Waals surface area contributed by atoms with E-state index in [2.05, 4.69) is 31.9 Å². The molecule has 3 saturated heterocycles. The number of aromatic hydroxyl groups is 2. The van der Waals surface area contributed by atoms with Crippen LogP contribution in [-0.2, 0) is 51.2 Å². The molecule has 0 saturated carbocycles. The first-order valence-corrected chi connectivity index (χ1v) is 23.1. The Balaban J connectivity index is 1.29. The maximum atomic E-state index is 14.5. The van der Waals surface area contributed by atoms with Crippen LogP contribution in [0.4, 0.5) is 0 Å². The van der Waals surface area contributed by atoms with Gasteiger partial charge in [0.05, 0.1) is 18.8 Å². The molecule has 3 fully saturated rings. The van der Waals surface area contributed by atoms with Crippen LogP contribution < -0.4 is 37.6 Å². The van der Waals surface area contributed by atoms with Crippen LogP contribution >= 0.6 is 0 Å². The molecule has 7 amide bonds. The number of carbonyl (C=O) groups is 8. The zero-order valence-electron chi connectivity index (χ0n) is 38.1. The molecule has 3 aliphatic rings. The quantitative estimate of drug-likeness (QED) is 0.0518. The number of aliphatic carboxylic acids is 1. The lowest BCUT2D eigenvalue weighted by atomic mass is 10.0. The summed E-state index contributed by atoms with van der Waals surface area (Å²) in [5.74, 6) is -6.52. The second-order valence-electron chi connectivity index (χ2n) is 17.5. The first-order chi connectivity index (χ1) is 32.5. The Hall–Kier alpha value is -6.36. The van der Waals surface area contributed by atoms with Crippen LogP contribution in [0.2, 0.25) is 0 Å². The molecule has 68 heavy (non-hydrogen) atoms. The molecule has 0 aromatic heterocycles. The Kier molecular flexibility index (Phi) is 19.4. The summed E-state index contributed by atoms with van der Waals surface area (Å²) in [6.45, 7) is 1.67. The molecule has 2 aromatic rings. The van der Waals surface area contributed by atoms with E-state index in [9.17, 15) is 63.9 Å². The summed E-state index contributed by atoms with van der Waals surface area (Å²) in [7, 11) is 0. The van der Waals surface area contributed by atoms with E-state index in [-0.39, 0.29) is 56.7 Å². The third-order valence-corrected chi connectivity index (χ3v) is 12.5. The fraction of sp³-hybridized carbons (Fsp3) is 0.565. The lowest BCUT2D eigenvalue weighted by Crippen LogP contribution is -2.61. The smallest absolute Gasteiger partial charge is 0.326 e. The number of carboxylic acid groups (broad SMARTS) is 1. The molecule has 0 radical (unpaired) electrons. The molecule has 0 aliphatic carbocycles. The van der Waals surface area contributed by atoms with Gasteiger partial charge in [-0.25, -0.2) is 4.79 Å². The normalized spacial score (nSPS) is 20.6. The van der Waals surface area contributed by atoms with Crippen molar-refractivity contribution in [3.63, 3.8) is 0 Å². The number of nitrogens with one attached hydrogen (secondary N) is 6. The van der Waals surface area contributed by atoms with Gasteiger partial charge in [-0.3, -0.25) is 33.6 Å². The van der Waals surface area contributed by atoms with E-state index in [1.165, 1.54) is 53.1 Å². The minimum atomic E-state index is -1.65. The zero-order valence-corrected chi connectivity index (χ0v) is 38.1. The number of amides is 7. The molecule has 3 aliphatic heterocycles. The van der Waals surface area contributed by atoms with Gasteiger partial charge in [-0.2, -0.15) is 0 Å². The minimum absolute atomic E-state index is 0.0303. The number of hydrogen-bond donors (Lipinski definition) is 12. The average Bonchev–Trinajstić information content (AvgIpc) is 4.14. The lowest BCUT2D eigenvalue weighted by molar-refractivity contribution is -0.148. The Morgan fingerprint density at radius 1 is 0.676 bits per heavy atom. The molecule has 9 unspecified atom stereocenters. The number of carbonyl (C=O) groups excluding carboxylic acids is 7. The van der Waals surface area contributed by atoms with Crippen molar-refractivity contribution in [1.29, 1.82) is 0 Å². The van der Waals surface area contributed by atoms with Gasteiger partial charge >= 0.3 is 5.97 Å². The van der Waals surface area contributed by atoms with Gasteiger partial charge in [0.25, 0.3) is 0 Å². The zero-order chi connectivity index (χ0) is 49.5. The first-order valence-electron chi connectivity index (χ1n) is 23.1. The molecule has 0 bridgehead atoms. The van der Waals surface area contributed by atoms with E-state index in [1.54, 1.807) is 12.1 Å². The maximum Gasteiger partial charge on any atom is 0.326 e. The molecule has 5 rings (SSSR count). The molecule has 22 heteroatoms. The van der Waals surface area contributed by atoms with E-state index in [0.29, 0.717) is 56.3 Å². The van der Waals surface area contributed by atoms with Crippen molar-refractivity contribution in [1.82, 2.24) is 41.7 Å². The summed E-state index contributed by atoms with van der Waals surface area (Å²) in [4.78, 5) is 112. The molecule has 0 spiro atoms. The van der Waals surface area contributed by atoms with Crippen molar-refractivity contribution < 1.29 is 63.9 Å². The molecule has 3 heterocycles. The molecule has 9 atom stereocenters. The molecular formula is C46H65N9O13. The van der Waals surface area contributed by atoms with Gasteiger partial charge in [0.15, 0.2) is 0 Å². The number of benzene rings is 2. The number of carboxylic acids is 1. The number of likely N-dealkylation sites (tertiary alicyclic amines) is 2. The highest BCUT2D eigenvalue weighted by Crippen LogP contribution is 2.27. The second-order valence-corrected chi connectivity index (χ2v) is 17.5. The summed E-state index contributed by atoms with van der Waals surface area (Å²) in [5.41, 5.74) is 6.58. The van der Waals surface area contributed by atoms with E-state index >= 15 is 0 Å². The van der Waals surface area contributed by atoms with Gasteiger partial charge in [-0.05, 0) is 113 Å². The van der Waals surface area contributed by atoms with Crippen molar-refractivity contribution in [2.45, 2.75) is 132 Å². The van der Waals surface area contributed by atoms with Gasteiger partial charge in [-0.1, -0.05) is 24.3 Å². The Bertz CT molecular complexity index is 2080. The number of phenols is 2. The first kappa shape index (κ1) is 52.6. The summed E-state index contributed by atoms with van der Waals surface area (Å²) in [6.07, 6.45) is 1.70. The van der Waals surface area contributed by atoms with Crippen LogP contribution in [-0.4, -0.2) is 170 Å². The average molecular weight is 952 g/mol. The number of aliphatic hydroxyl groups excluding tert-OH is 2. The SMILES string of the molecule is CC(O)C(NC(=O)C1CCCN1C(=O)C1CCCN1C(=O)C(Cc1ccc(O)cc1)NC(=O)C(CO)NC(=O)C1CCCN1)C(=O)NC(Cc1ccc(O)cc1)C(=O)NC(CCCCN)C(=O)O. The van der Waals surface area contributed by atoms with E-state index in [1.807, 2.05) is 0 Å². The molecule has 2 aromatic carbocycles. The van der Waals surface area contributed by atoms with Crippen LogP contribution in [0.1, 0.15) is 75.8 Å². The van der Waals surface area contributed by atoms with Gasteiger partial charge in [0.2, 0.25) is 41.4 Å². The number of nitrogens with zero attached hydrogens (tertiary/aromatic N) is 2. The predicted molar refractivity (Wildman–Crippen MR) is 243 cm³/mol. The fourth-order valence-corrected chi connectivity index (χ4v) is 8.71. The largest absolute Gasteiger partial charge is 0.508 e. The minimum Gasteiger partial charge on any atom is -0.508 e. The van der Waals surface area contributed by atoms with Crippen LogP contribution in [0.5, 0.6) is 11.5 Å². The number of hydrogen-bond acceptors (Lipinski definition) is 14. The topological polar surface area (TPSA) is 342 Å². The Labute approximate surface area is 393 Å². The standard InChI is InChI=1S/C46H65N9O13/c1-26(57)38(43(64)50-33(23-27-11-15-29(58)16-12-27)40(61)49-32(46(67)68)7-2-3-19-47)53-42(63)36-9-5-21-54(36)45(66)37-10-6-22-55(37)44(65)34(24-28-13-17-30(59)18-14-28)51-41(62)35(25-56)52-39(60)31-8-4-20-48-31/h11-18,26,31-38,48,56-59H,2-10,19-25,47H2,1H3,(H,49,61)(H,50,64)(H,51,62)(H,52,60)(H,53,63)(H,67,68). The third kappa shape index (κ3) is 14.3. The van der Waals surface area contributed by atoms with Crippen molar-refractivity contribution in [3.05, 3.63) is 59.7 Å². The van der Waals surface area contributed by atoms with Gasteiger partial charge in [0.1, 0.15) is 53.8 Å². The molecular weight excluding hydrogens is 887 g/mol. The van der Waals surface area contributed by atoms with Crippen LogP contribution in [0, 0.1) is 0 Å². The Morgan fingerprint density at radius 3 is 1.79 bits per heavy atom. The number of aliphatic hydroxyl groups is 2. The number of phenolic OH excluding ortho intramolecular Hbond substituents is 2. The lowest BCUT2D eigenvalue weighted by Gasteiger charge is -2.34. The summed E-state index contributed by atoms with van der Waals surface area (Å²) in [5, 5.41) is 66.1. The number of unbranched alkanes of at least 4 members (excludes halogenated alkanes) is 1. The van der Waals surface area contributed by atoms with Crippen molar-refractivity contribution in [2.24, 2.45) is 5.73 Å². The van der Waals surface area contributed by atoms with Crippen molar-refractivity contribution in [2.75, 3.05) is 32.8 Å². The second kappa shape index (κ2) is 25.1. The van der Waals surface area contributed by atoms with E-state index in [4.69, 9.17) is 5.73 Å². The molecule has 13 N–H and O–H groups in total. The van der Waals surface area contributed by atoms with Crippen molar-refractivity contribution >= 4 is 47.3 Å². The van der Waals surface area contributed by atoms with Gasteiger partial charge in [0, 0.05) is 25.9 Å². The van der Waals surface area contributed by atoms with Gasteiger partial charge < -0.3 is 73.0 Å². The van der Waals surface area contributed by atoms with Crippen LogP contribution in [0.25, 0.3) is 0 Å². The van der Waals surface area contributed by atoms with E-state index < -0.39 is 108 Å². The Morgan fingerprint density at radius 2 is 1.24 bits per heavy atom. The highest BCUT2D eigenvalue weighted by atomic mass is 16.4. The maximum absolute atomic E-state index is 14.5. The summed E-state index contributed by atoms with van der Waals surface area (Å²) in [6, 6.07) is 1.92. The number of rotatable bonds is 23. The third-order valence-electron chi connectivity index (χ3n) is 12.5. The highest BCUT2D eigenvalue weighted by Gasteiger charge is 2.45. The number of nitrogens with two attached hydrogens (primary N) is 1. The van der Waals surface area contributed by atoms with Crippen LogP contribution in [0.3, 0.4) is 0 Å². The summed E-state index contributed by atoms with van der Waals surface area (Å²) >= 11 is 0. The van der Waals surface area contributed by atoms with Crippen molar-refractivity contribution in [3.8, 4) is 11.5 Å². The van der Waals surface area contributed by atoms with E-state index in [0.717, 1.165) is 6.42 Å². The monoisotopic (exact) mass is 951 g/mol. The highest BCUT2D eigenvalue weighted by molar-refractivity contribution is 5.98. The predicted octanol–water partition coefficient (Wildman–Crippen LogP) is -2.37. The van der Waals surface area contributed by atoms with Gasteiger partial charge in [-0.15, -0.1) is 0 Å². The molecule has 22 nitrogen and oxygen atoms in total. The fourth-order valence-electron chi connectivity index (χ4n) is 8.71.